The first kappa shape index (κ1) is 20.6. The number of aryl methyl sites for hydroxylation is 1. The largest absolute Gasteiger partial charge is 0.103 e. The van der Waals surface area contributed by atoms with Gasteiger partial charge in [0.1, 0.15) is 0 Å². The number of benzene rings is 3. The molecule has 3 aromatic rings. The molecule has 0 aliphatic carbocycles. The Kier molecular flexibility index (Phi) is 5.71. The van der Waals surface area contributed by atoms with Crippen LogP contribution in [0.25, 0.3) is 21.5 Å². The van der Waals surface area contributed by atoms with E-state index in [-0.39, 0.29) is 10.8 Å². The van der Waals surface area contributed by atoms with Crippen molar-refractivity contribution in [1.29, 1.82) is 0 Å². The van der Waals surface area contributed by atoms with Crippen molar-refractivity contribution in [2.24, 2.45) is 0 Å². The summed E-state index contributed by atoms with van der Waals surface area (Å²) in [6.45, 7) is 17.9. The van der Waals surface area contributed by atoms with Crippen LogP contribution in [-0.2, 0) is 17.3 Å². The molecule has 0 aromatic heterocycles. The van der Waals surface area contributed by atoms with Crippen molar-refractivity contribution in [3.63, 3.8) is 0 Å². The lowest BCUT2D eigenvalue weighted by atomic mass is 9.74. The minimum Gasteiger partial charge on any atom is -0.103 e. The van der Waals surface area contributed by atoms with Crippen LogP contribution in [-0.4, -0.2) is 0 Å². The van der Waals surface area contributed by atoms with E-state index >= 15 is 0 Å². The molecule has 3 aromatic carbocycles. The number of allylic oxidation sites excluding steroid dienone is 1. The molecule has 0 aliphatic heterocycles. The van der Waals surface area contributed by atoms with Crippen LogP contribution in [0.15, 0.2) is 55.1 Å². The summed E-state index contributed by atoms with van der Waals surface area (Å²) in [5.74, 6) is 0. The van der Waals surface area contributed by atoms with Gasteiger partial charge >= 0.3 is 0 Å². The molecule has 0 amide bonds. The normalized spacial score (nSPS) is 12.6. The van der Waals surface area contributed by atoms with Gasteiger partial charge in [0, 0.05) is 0 Å². The Labute approximate surface area is 171 Å². The molecule has 0 saturated carbocycles. The van der Waals surface area contributed by atoms with E-state index in [1.807, 2.05) is 6.08 Å². The van der Waals surface area contributed by atoms with E-state index in [1.54, 1.807) is 0 Å². The van der Waals surface area contributed by atoms with Crippen LogP contribution in [0, 0.1) is 0 Å². The smallest absolute Gasteiger partial charge is 0.0120 e. The second kappa shape index (κ2) is 7.74. The first-order valence-electron chi connectivity index (χ1n) is 10.7. The topological polar surface area (TPSA) is 0 Å². The molecule has 0 heteroatoms. The van der Waals surface area contributed by atoms with Crippen molar-refractivity contribution >= 4 is 21.5 Å². The lowest BCUT2D eigenvalue weighted by Crippen LogP contribution is -2.17. The molecule has 0 aliphatic rings. The Morgan fingerprint density at radius 1 is 0.714 bits per heavy atom. The molecule has 0 atom stereocenters. The summed E-state index contributed by atoms with van der Waals surface area (Å²) >= 11 is 0. The zero-order chi connectivity index (χ0) is 20.5. The molecule has 0 saturated heterocycles. The highest BCUT2D eigenvalue weighted by Gasteiger charge is 2.27. The SMILES string of the molecule is C=CCCCCc1ccc2c(C(C)(C)C)c3ccccc3c(C(C)(C)C)c2c1. The van der Waals surface area contributed by atoms with Gasteiger partial charge in [0.2, 0.25) is 0 Å². The molecular formula is C28H36. The maximum atomic E-state index is 3.85. The summed E-state index contributed by atoms with van der Waals surface area (Å²) in [7, 11) is 0. The first-order chi connectivity index (χ1) is 13.1. The standard InChI is InChI=1S/C28H36/c1-8-9-10-11-14-20-17-18-23-24(19-20)26(28(5,6)7)22-16-13-12-15-21(22)25(23)27(2,3)4/h8,12-13,15-19H,1,9-11,14H2,2-7H3. The minimum atomic E-state index is 0.0930. The van der Waals surface area contributed by atoms with Gasteiger partial charge in [-0.1, -0.05) is 90.1 Å². The summed E-state index contributed by atoms with van der Waals surface area (Å²) in [6.07, 6.45) is 6.73. The Morgan fingerprint density at radius 2 is 1.25 bits per heavy atom. The van der Waals surface area contributed by atoms with Gasteiger partial charge in [0.05, 0.1) is 0 Å². The van der Waals surface area contributed by atoms with Crippen molar-refractivity contribution < 1.29 is 0 Å². The molecule has 0 nitrogen and oxygen atoms in total. The van der Waals surface area contributed by atoms with Crippen molar-refractivity contribution in [2.45, 2.75) is 78.1 Å². The highest BCUT2D eigenvalue weighted by atomic mass is 14.3. The number of unbranched alkanes of at least 4 members (excludes halogenated alkanes) is 2. The molecule has 0 fully saturated rings. The van der Waals surface area contributed by atoms with E-state index in [1.165, 1.54) is 51.1 Å². The molecule has 148 valence electrons. The fraction of sp³-hybridized carbons (Fsp3) is 0.429. The molecule has 0 N–H and O–H groups in total. The van der Waals surface area contributed by atoms with Gasteiger partial charge < -0.3 is 0 Å². The average molecular weight is 373 g/mol. The van der Waals surface area contributed by atoms with Gasteiger partial charge in [-0.25, -0.2) is 0 Å². The summed E-state index contributed by atoms with van der Waals surface area (Å²) in [4.78, 5) is 0. The zero-order valence-corrected chi connectivity index (χ0v) is 18.7. The Morgan fingerprint density at radius 3 is 1.79 bits per heavy atom. The zero-order valence-electron chi connectivity index (χ0n) is 18.7. The Bertz CT molecular complexity index is 990. The molecule has 0 heterocycles. The van der Waals surface area contributed by atoms with Crippen molar-refractivity contribution in [2.75, 3.05) is 0 Å². The predicted octanol–water partition coefficient (Wildman–Crippen LogP) is 8.49. The monoisotopic (exact) mass is 372 g/mol. The second-order valence-corrected chi connectivity index (χ2v) is 10.2. The van der Waals surface area contributed by atoms with E-state index in [4.69, 9.17) is 0 Å². The predicted molar refractivity (Wildman–Crippen MR) is 127 cm³/mol. The minimum absolute atomic E-state index is 0.0930. The van der Waals surface area contributed by atoms with Gasteiger partial charge in [-0.3, -0.25) is 0 Å². The number of fused-ring (bicyclic) bond motifs is 2. The second-order valence-electron chi connectivity index (χ2n) is 10.2. The van der Waals surface area contributed by atoms with Crippen LogP contribution >= 0.6 is 0 Å². The average Bonchev–Trinajstić information content (AvgIpc) is 2.60. The van der Waals surface area contributed by atoms with Crippen LogP contribution in [0.2, 0.25) is 0 Å². The summed E-state index contributed by atoms with van der Waals surface area (Å²) in [5.41, 5.74) is 4.61. The van der Waals surface area contributed by atoms with Crippen molar-refractivity contribution in [3.8, 4) is 0 Å². The van der Waals surface area contributed by atoms with Crippen LogP contribution in [0.4, 0.5) is 0 Å². The summed E-state index contributed by atoms with van der Waals surface area (Å²) < 4.78 is 0. The Hall–Kier alpha value is -2.08. The maximum absolute atomic E-state index is 3.85. The highest BCUT2D eigenvalue weighted by Crippen LogP contribution is 2.43. The first-order valence-corrected chi connectivity index (χ1v) is 10.7. The third kappa shape index (κ3) is 4.02. The van der Waals surface area contributed by atoms with Crippen molar-refractivity contribution in [3.05, 3.63) is 71.8 Å². The van der Waals surface area contributed by atoms with E-state index in [2.05, 4.69) is 90.6 Å². The van der Waals surface area contributed by atoms with Crippen molar-refractivity contribution in [1.82, 2.24) is 0 Å². The molecule has 3 rings (SSSR count). The Balaban J connectivity index is 2.32. The van der Waals surface area contributed by atoms with Gasteiger partial charge in [-0.15, -0.1) is 6.58 Å². The highest BCUT2D eigenvalue weighted by molar-refractivity contribution is 6.07. The molecule has 0 unspecified atom stereocenters. The van der Waals surface area contributed by atoms with Crippen LogP contribution < -0.4 is 0 Å². The number of hydrogen-bond acceptors (Lipinski definition) is 0. The van der Waals surface area contributed by atoms with Gasteiger partial charge in [-0.05, 0) is 74.7 Å². The lowest BCUT2D eigenvalue weighted by Gasteiger charge is -2.30. The fourth-order valence-corrected chi connectivity index (χ4v) is 4.61. The molecule has 0 spiro atoms. The summed E-state index contributed by atoms with van der Waals surface area (Å²) in [5, 5.41) is 5.69. The molecular weight excluding hydrogens is 336 g/mol. The van der Waals surface area contributed by atoms with E-state index in [9.17, 15) is 0 Å². The lowest BCUT2D eigenvalue weighted by molar-refractivity contribution is 0.593. The molecule has 0 bridgehead atoms. The number of rotatable bonds is 5. The van der Waals surface area contributed by atoms with E-state index in [0.29, 0.717) is 0 Å². The molecule has 28 heavy (non-hydrogen) atoms. The third-order valence-electron chi connectivity index (χ3n) is 5.71. The maximum Gasteiger partial charge on any atom is -0.0120 e. The van der Waals surface area contributed by atoms with Crippen LogP contribution in [0.3, 0.4) is 0 Å². The molecule has 0 radical (unpaired) electrons. The van der Waals surface area contributed by atoms with Gasteiger partial charge in [0.15, 0.2) is 0 Å². The summed E-state index contributed by atoms with van der Waals surface area (Å²) in [6, 6.07) is 16.2. The van der Waals surface area contributed by atoms with Crippen LogP contribution in [0.1, 0.15) is 77.5 Å². The van der Waals surface area contributed by atoms with Crippen LogP contribution in [0.5, 0.6) is 0 Å². The van der Waals surface area contributed by atoms with Gasteiger partial charge in [-0.2, -0.15) is 0 Å². The third-order valence-corrected chi connectivity index (χ3v) is 5.71. The van der Waals surface area contributed by atoms with E-state index < -0.39 is 0 Å². The van der Waals surface area contributed by atoms with E-state index in [0.717, 1.165) is 12.8 Å². The number of hydrogen-bond donors (Lipinski definition) is 0. The fourth-order valence-electron chi connectivity index (χ4n) is 4.61. The quantitative estimate of drug-likeness (QED) is 0.239. The van der Waals surface area contributed by atoms with Gasteiger partial charge in [0.25, 0.3) is 0 Å².